The van der Waals surface area contributed by atoms with Gasteiger partial charge in [0.25, 0.3) is 0 Å². The minimum absolute atomic E-state index is 0.152. The highest BCUT2D eigenvalue weighted by atomic mass is 32.1. The summed E-state index contributed by atoms with van der Waals surface area (Å²) in [6.45, 7) is 13.7. The number of thiocarbonyl (C=S) groups is 1. The molecule has 0 saturated heterocycles. The van der Waals surface area contributed by atoms with Gasteiger partial charge in [-0.05, 0) is 100 Å². The number of hydrazone groups is 1. The number of rotatable bonds is 4. The second-order valence-corrected chi connectivity index (χ2v) is 9.25. The fourth-order valence-electron chi connectivity index (χ4n) is 4.57. The van der Waals surface area contributed by atoms with E-state index in [9.17, 15) is 0 Å². The quantitative estimate of drug-likeness (QED) is 0.380. The summed E-state index contributed by atoms with van der Waals surface area (Å²) in [6.07, 6.45) is 3.00. The van der Waals surface area contributed by atoms with Crippen LogP contribution < -0.4 is 15.6 Å². The molecule has 1 aliphatic heterocycles. The van der Waals surface area contributed by atoms with Gasteiger partial charge < -0.3 is 10.2 Å². The predicted octanol–water partition coefficient (Wildman–Crippen LogP) is 5.82. The van der Waals surface area contributed by atoms with Crippen LogP contribution in [0.4, 0.5) is 11.4 Å². The molecule has 0 spiro atoms. The zero-order chi connectivity index (χ0) is 21.2. The van der Waals surface area contributed by atoms with Gasteiger partial charge in [-0.2, -0.15) is 5.10 Å². The first-order valence-electron chi connectivity index (χ1n) is 10.3. The highest BCUT2D eigenvalue weighted by Gasteiger charge is 2.37. The Balaban J connectivity index is 1.79. The van der Waals surface area contributed by atoms with Gasteiger partial charge in [-0.15, -0.1) is 0 Å². The molecule has 0 amide bonds. The molecule has 0 bridgehead atoms. The lowest BCUT2D eigenvalue weighted by molar-refractivity contribution is 0.356. The predicted molar refractivity (Wildman–Crippen MR) is 129 cm³/mol. The first-order valence-corrected chi connectivity index (χ1v) is 10.7. The molecular formula is C24H32N4S. The number of anilines is 2. The minimum Gasteiger partial charge on any atom is -0.364 e. The van der Waals surface area contributed by atoms with Crippen LogP contribution >= 0.6 is 12.2 Å². The van der Waals surface area contributed by atoms with E-state index in [-0.39, 0.29) is 5.54 Å². The fourth-order valence-corrected chi connectivity index (χ4v) is 4.74. The SMILES string of the molecule is Cc1cc2c(cc1/C=N/NC(=S)Nc1ccccc1)[C@H](C)CC(C)(C)N2C(C)C. The summed E-state index contributed by atoms with van der Waals surface area (Å²) in [7, 11) is 0. The number of para-hydroxylation sites is 1. The molecule has 1 heterocycles. The number of aryl methyl sites for hydroxylation is 1. The number of benzene rings is 2. The smallest absolute Gasteiger partial charge is 0.191 e. The third-order valence-electron chi connectivity index (χ3n) is 5.58. The van der Waals surface area contributed by atoms with E-state index >= 15 is 0 Å². The van der Waals surface area contributed by atoms with Gasteiger partial charge in [0.05, 0.1) is 6.21 Å². The van der Waals surface area contributed by atoms with E-state index in [1.807, 2.05) is 36.5 Å². The molecule has 29 heavy (non-hydrogen) atoms. The van der Waals surface area contributed by atoms with Gasteiger partial charge in [0.15, 0.2) is 5.11 Å². The second-order valence-electron chi connectivity index (χ2n) is 8.84. The van der Waals surface area contributed by atoms with Crippen molar-refractivity contribution in [2.45, 2.75) is 65.5 Å². The van der Waals surface area contributed by atoms with Crippen LogP contribution in [0.1, 0.15) is 63.6 Å². The van der Waals surface area contributed by atoms with Crippen molar-refractivity contribution in [3.63, 3.8) is 0 Å². The number of nitrogens with one attached hydrogen (secondary N) is 2. The Kier molecular flexibility index (Phi) is 6.27. The van der Waals surface area contributed by atoms with Crippen molar-refractivity contribution in [2.75, 3.05) is 10.2 Å². The molecule has 0 aliphatic carbocycles. The third kappa shape index (κ3) is 4.78. The van der Waals surface area contributed by atoms with E-state index in [1.165, 1.54) is 16.8 Å². The van der Waals surface area contributed by atoms with Crippen molar-refractivity contribution < 1.29 is 0 Å². The number of hydrogen-bond donors (Lipinski definition) is 2. The summed E-state index contributed by atoms with van der Waals surface area (Å²) in [5.41, 5.74) is 9.10. The van der Waals surface area contributed by atoms with Crippen LogP contribution in [0.5, 0.6) is 0 Å². The van der Waals surface area contributed by atoms with Crippen molar-refractivity contribution in [2.24, 2.45) is 5.10 Å². The zero-order valence-electron chi connectivity index (χ0n) is 18.3. The zero-order valence-corrected chi connectivity index (χ0v) is 19.1. The normalized spacial score (nSPS) is 18.0. The highest BCUT2D eigenvalue weighted by molar-refractivity contribution is 7.80. The number of fused-ring (bicyclic) bond motifs is 1. The van der Waals surface area contributed by atoms with Gasteiger partial charge in [0, 0.05) is 23.0 Å². The van der Waals surface area contributed by atoms with Gasteiger partial charge in [0.1, 0.15) is 0 Å². The summed E-state index contributed by atoms with van der Waals surface area (Å²) in [5.74, 6) is 0.511. The van der Waals surface area contributed by atoms with Crippen molar-refractivity contribution in [3.8, 4) is 0 Å². The molecule has 154 valence electrons. The van der Waals surface area contributed by atoms with Crippen LogP contribution in [0.15, 0.2) is 47.6 Å². The van der Waals surface area contributed by atoms with Gasteiger partial charge >= 0.3 is 0 Å². The summed E-state index contributed by atoms with van der Waals surface area (Å²) < 4.78 is 0. The summed E-state index contributed by atoms with van der Waals surface area (Å²) in [6, 6.07) is 14.9. The number of nitrogens with zero attached hydrogens (tertiary/aromatic N) is 2. The van der Waals surface area contributed by atoms with E-state index in [0.717, 1.165) is 17.7 Å². The second kappa shape index (κ2) is 8.54. The van der Waals surface area contributed by atoms with Crippen LogP contribution in [0.25, 0.3) is 0 Å². The lowest BCUT2D eigenvalue weighted by atomic mass is 9.78. The molecule has 1 atom stereocenters. The van der Waals surface area contributed by atoms with Crippen molar-refractivity contribution in [1.29, 1.82) is 0 Å². The first-order chi connectivity index (χ1) is 13.7. The molecule has 2 N–H and O–H groups in total. The third-order valence-corrected chi connectivity index (χ3v) is 5.77. The molecule has 3 rings (SSSR count). The van der Waals surface area contributed by atoms with E-state index in [0.29, 0.717) is 17.1 Å². The standard InChI is InChI=1S/C24H32N4S/c1-16(2)28-22-12-17(3)19(13-21(22)18(4)14-24(28,5)6)15-25-27-23(29)26-20-10-8-7-9-11-20/h7-13,15-16,18H,14H2,1-6H3,(H2,26,27,29)/b25-15+/t18-/m1/s1. The largest absolute Gasteiger partial charge is 0.364 e. The molecule has 1 aliphatic rings. The van der Waals surface area contributed by atoms with Crippen LogP contribution in [-0.2, 0) is 0 Å². The maximum absolute atomic E-state index is 5.33. The van der Waals surface area contributed by atoms with E-state index < -0.39 is 0 Å². The van der Waals surface area contributed by atoms with Crippen LogP contribution in [0.3, 0.4) is 0 Å². The molecule has 2 aromatic rings. The van der Waals surface area contributed by atoms with Gasteiger partial charge in [-0.1, -0.05) is 25.1 Å². The lowest BCUT2D eigenvalue weighted by Gasteiger charge is -2.50. The Labute approximate surface area is 180 Å². The molecule has 5 heteroatoms. The molecule has 4 nitrogen and oxygen atoms in total. The molecule has 0 fully saturated rings. The Morgan fingerprint density at radius 1 is 1.24 bits per heavy atom. The van der Waals surface area contributed by atoms with E-state index in [4.69, 9.17) is 12.2 Å². The van der Waals surface area contributed by atoms with Gasteiger partial charge in [0.2, 0.25) is 0 Å². The highest BCUT2D eigenvalue weighted by Crippen LogP contribution is 2.45. The first kappa shape index (κ1) is 21.3. The summed E-state index contributed by atoms with van der Waals surface area (Å²) in [4.78, 5) is 2.56. The van der Waals surface area contributed by atoms with Crippen LogP contribution in [-0.4, -0.2) is 22.9 Å². The average Bonchev–Trinajstić information content (AvgIpc) is 2.62. The van der Waals surface area contributed by atoms with Crippen molar-refractivity contribution in [3.05, 3.63) is 59.2 Å². The Hall–Kier alpha value is -2.40. The van der Waals surface area contributed by atoms with E-state index in [1.54, 1.807) is 0 Å². The Morgan fingerprint density at radius 2 is 1.93 bits per heavy atom. The molecule has 0 radical (unpaired) electrons. The van der Waals surface area contributed by atoms with Crippen LogP contribution in [0.2, 0.25) is 0 Å². The average molecular weight is 409 g/mol. The maximum atomic E-state index is 5.33. The van der Waals surface area contributed by atoms with Crippen molar-refractivity contribution in [1.82, 2.24) is 5.43 Å². The van der Waals surface area contributed by atoms with Gasteiger partial charge in [-0.25, -0.2) is 0 Å². The fraction of sp³-hybridized carbons (Fsp3) is 0.417. The monoisotopic (exact) mass is 408 g/mol. The molecular weight excluding hydrogens is 376 g/mol. The molecule has 0 unspecified atom stereocenters. The maximum Gasteiger partial charge on any atom is 0.191 e. The summed E-state index contributed by atoms with van der Waals surface area (Å²) >= 11 is 5.33. The van der Waals surface area contributed by atoms with E-state index in [2.05, 4.69) is 74.4 Å². The summed E-state index contributed by atoms with van der Waals surface area (Å²) in [5, 5.41) is 7.97. The minimum atomic E-state index is 0.152. The molecule has 2 aromatic carbocycles. The lowest BCUT2D eigenvalue weighted by Crippen LogP contribution is -2.51. The van der Waals surface area contributed by atoms with Crippen LogP contribution in [0, 0.1) is 6.92 Å². The number of hydrogen-bond acceptors (Lipinski definition) is 3. The van der Waals surface area contributed by atoms with Crippen molar-refractivity contribution >= 4 is 34.9 Å². The topological polar surface area (TPSA) is 39.7 Å². The Morgan fingerprint density at radius 3 is 2.59 bits per heavy atom. The molecule has 0 saturated carbocycles. The van der Waals surface area contributed by atoms with Gasteiger partial charge in [-0.3, -0.25) is 5.43 Å². The molecule has 0 aromatic heterocycles. The Bertz CT molecular complexity index is 903.